The summed E-state index contributed by atoms with van der Waals surface area (Å²) in [5.41, 5.74) is 6.57. The predicted octanol–water partition coefficient (Wildman–Crippen LogP) is 5.84. The van der Waals surface area contributed by atoms with Gasteiger partial charge in [0.05, 0.1) is 14.2 Å². The highest BCUT2D eigenvalue weighted by molar-refractivity contribution is 5.91. The van der Waals surface area contributed by atoms with E-state index in [0.717, 1.165) is 36.6 Å². The Morgan fingerprint density at radius 3 is 2.38 bits per heavy atom. The Kier molecular flexibility index (Phi) is 7.54. The molecular formula is C29H41N3O2. The van der Waals surface area contributed by atoms with Crippen molar-refractivity contribution >= 4 is 10.9 Å². The second-order valence-electron chi connectivity index (χ2n) is 10.8. The summed E-state index contributed by atoms with van der Waals surface area (Å²) >= 11 is 0. The number of hydrogen-bond acceptors (Lipinski definition) is 4. The van der Waals surface area contributed by atoms with E-state index in [4.69, 9.17) is 9.47 Å². The van der Waals surface area contributed by atoms with Gasteiger partial charge in [-0.2, -0.15) is 0 Å². The van der Waals surface area contributed by atoms with Crippen molar-refractivity contribution in [3.63, 3.8) is 0 Å². The zero-order valence-corrected chi connectivity index (χ0v) is 21.8. The van der Waals surface area contributed by atoms with Crippen molar-refractivity contribution < 1.29 is 9.47 Å². The van der Waals surface area contributed by atoms with E-state index in [-0.39, 0.29) is 5.41 Å². The standard InChI is InChI=1S/C29H41N3O2/c1-29(2,3)19-24-23-17-21(20-11-14-32(15-12-20)16-13-30-4)7-9-25(23)31-28(24)22-8-10-26(33-5)27(18-22)34-6/h7-10,17-18,20,30-31H,11-16,19H2,1-6H3. The molecule has 0 spiro atoms. The number of likely N-dealkylation sites (N-methyl/N-ethyl adjacent to an activating group) is 1. The number of methoxy groups -OCH3 is 2. The average Bonchev–Trinajstić information content (AvgIpc) is 3.18. The highest BCUT2D eigenvalue weighted by atomic mass is 16.5. The molecule has 1 fully saturated rings. The molecule has 0 unspecified atom stereocenters. The van der Waals surface area contributed by atoms with Gasteiger partial charge in [-0.15, -0.1) is 0 Å². The first kappa shape index (κ1) is 24.6. The van der Waals surface area contributed by atoms with Crippen molar-refractivity contribution in [2.24, 2.45) is 5.41 Å². The highest BCUT2D eigenvalue weighted by Gasteiger charge is 2.24. The van der Waals surface area contributed by atoms with E-state index < -0.39 is 0 Å². The van der Waals surface area contributed by atoms with Crippen LogP contribution in [0.3, 0.4) is 0 Å². The number of H-pyrrole nitrogens is 1. The number of fused-ring (bicyclic) bond motifs is 1. The van der Waals surface area contributed by atoms with Crippen LogP contribution in [0.15, 0.2) is 36.4 Å². The lowest BCUT2D eigenvalue weighted by molar-refractivity contribution is 0.214. The van der Waals surface area contributed by atoms with Crippen molar-refractivity contribution in [3.8, 4) is 22.8 Å². The number of aromatic nitrogens is 1. The molecule has 0 atom stereocenters. The smallest absolute Gasteiger partial charge is 0.161 e. The maximum absolute atomic E-state index is 5.60. The van der Waals surface area contributed by atoms with Crippen LogP contribution in [-0.4, -0.2) is 57.3 Å². The van der Waals surface area contributed by atoms with Crippen molar-refractivity contribution in [1.82, 2.24) is 15.2 Å². The first-order valence-electron chi connectivity index (χ1n) is 12.6. The molecule has 0 aliphatic carbocycles. The zero-order valence-electron chi connectivity index (χ0n) is 21.8. The van der Waals surface area contributed by atoms with Crippen molar-refractivity contribution in [2.75, 3.05) is 47.4 Å². The van der Waals surface area contributed by atoms with E-state index in [9.17, 15) is 0 Å². The Morgan fingerprint density at radius 2 is 1.74 bits per heavy atom. The SMILES string of the molecule is CNCCN1CCC(c2ccc3[nH]c(-c4ccc(OC)c(OC)c4)c(CC(C)(C)C)c3c2)CC1. The number of ether oxygens (including phenoxy) is 2. The van der Waals surface area contributed by atoms with Gasteiger partial charge >= 0.3 is 0 Å². The summed E-state index contributed by atoms with van der Waals surface area (Å²) in [7, 11) is 5.40. The number of rotatable bonds is 8. The quantitative estimate of drug-likeness (QED) is 0.441. The normalized spacial score (nSPS) is 15.7. The maximum atomic E-state index is 5.60. The van der Waals surface area contributed by atoms with Gasteiger partial charge in [0.1, 0.15) is 0 Å². The Bertz CT molecular complexity index is 1100. The van der Waals surface area contributed by atoms with Gasteiger partial charge in [-0.1, -0.05) is 26.8 Å². The molecule has 0 radical (unpaired) electrons. The summed E-state index contributed by atoms with van der Waals surface area (Å²) in [6.45, 7) is 11.5. The molecule has 4 rings (SSSR count). The van der Waals surface area contributed by atoms with Crippen LogP contribution in [0, 0.1) is 5.41 Å². The van der Waals surface area contributed by atoms with Crippen molar-refractivity contribution in [2.45, 2.75) is 46.0 Å². The molecule has 1 aliphatic heterocycles. The first-order valence-corrected chi connectivity index (χ1v) is 12.6. The van der Waals surface area contributed by atoms with Crippen LogP contribution >= 0.6 is 0 Å². The van der Waals surface area contributed by atoms with Crippen LogP contribution < -0.4 is 14.8 Å². The number of hydrogen-bond donors (Lipinski definition) is 2. The lowest BCUT2D eigenvalue weighted by Gasteiger charge is -2.32. The summed E-state index contributed by atoms with van der Waals surface area (Å²) in [4.78, 5) is 6.33. The summed E-state index contributed by atoms with van der Waals surface area (Å²) in [5, 5.41) is 4.63. The zero-order chi connectivity index (χ0) is 24.3. The van der Waals surface area contributed by atoms with Gasteiger partial charge in [-0.25, -0.2) is 0 Å². The van der Waals surface area contributed by atoms with Gasteiger partial charge < -0.3 is 24.7 Å². The summed E-state index contributed by atoms with van der Waals surface area (Å²) in [6, 6.07) is 13.3. The van der Waals surface area contributed by atoms with Gasteiger partial charge in [0.15, 0.2) is 11.5 Å². The molecule has 1 aromatic heterocycles. The largest absolute Gasteiger partial charge is 0.493 e. The molecule has 0 bridgehead atoms. The molecule has 1 saturated heterocycles. The Labute approximate surface area is 204 Å². The van der Waals surface area contributed by atoms with Crippen LogP contribution in [0.5, 0.6) is 11.5 Å². The minimum absolute atomic E-state index is 0.176. The second kappa shape index (κ2) is 10.4. The maximum Gasteiger partial charge on any atom is 0.161 e. The molecule has 0 amide bonds. The molecule has 2 heterocycles. The number of nitrogens with one attached hydrogen (secondary N) is 2. The third-order valence-electron chi connectivity index (χ3n) is 7.05. The number of likely N-dealkylation sites (tertiary alicyclic amines) is 1. The molecule has 3 aromatic rings. The van der Waals surface area contributed by atoms with E-state index in [2.05, 4.69) is 66.3 Å². The summed E-state index contributed by atoms with van der Waals surface area (Å²) in [5.74, 6) is 2.14. The van der Waals surface area contributed by atoms with Crippen LogP contribution in [0.1, 0.15) is 50.7 Å². The van der Waals surface area contributed by atoms with E-state index in [1.54, 1.807) is 14.2 Å². The number of nitrogens with zero attached hydrogens (tertiary/aromatic N) is 1. The Balaban J connectivity index is 1.70. The lowest BCUT2D eigenvalue weighted by atomic mass is 9.84. The van der Waals surface area contributed by atoms with E-state index in [0.29, 0.717) is 5.92 Å². The van der Waals surface area contributed by atoms with E-state index in [1.165, 1.54) is 53.7 Å². The van der Waals surface area contributed by atoms with Gasteiger partial charge in [0.2, 0.25) is 0 Å². The molecule has 34 heavy (non-hydrogen) atoms. The topological polar surface area (TPSA) is 49.5 Å². The lowest BCUT2D eigenvalue weighted by Crippen LogP contribution is -2.37. The molecule has 2 aromatic carbocycles. The fourth-order valence-corrected chi connectivity index (χ4v) is 5.23. The number of piperidine rings is 1. The molecule has 0 saturated carbocycles. The Morgan fingerprint density at radius 1 is 1.00 bits per heavy atom. The fourth-order valence-electron chi connectivity index (χ4n) is 5.23. The van der Waals surface area contributed by atoms with E-state index in [1.807, 2.05) is 13.1 Å². The fraction of sp³-hybridized carbons (Fsp3) is 0.517. The number of benzene rings is 2. The third-order valence-corrected chi connectivity index (χ3v) is 7.05. The van der Waals surface area contributed by atoms with Crippen LogP contribution in [0.4, 0.5) is 0 Å². The van der Waals surface area contributed by atoms with Gasteiger partial charge in [0, 0.05) is 35.2 Å². The third kappa shape index (κ3) is 5.42. The molecule has 184 valence electrons. The molecule has 5 heteroatoms. The van der Waals surface area contributed by atoms with Crippen LogP contribution in [-0.2, 0) is 6.42 Å². The predicted molar refractivity (Wildman–Crippen MR) is 142 cm³/mol. The highest BCUT2D eigenvalue weighted by Crippen LogP contribution is 2.40. The molecular weight excluding hydrogens is 422 g/mol. The van der Waals surface area contributed by atoms with Crippen molar-refractivity contribution in [3.05, 3.63) is 47.5 Å². The average molecular weight is 464 g/mol. The molecule has 5 nitrogen and oxygen atoms in total. The second-order valence-corrected chi connectivity index (χ2v) is 10.8. The molecule has 2 N–H and O–H groups in total. The van der Waals surface area contributed by atoms with Crippen LogP contribution in [0.2, 0.25) is 0 Å². The minimum Gasteiger partial charge on any atom is -0.493 e. The van der Waals surface area contributed by atoms with E-state index >= 15 is 0 Å². The summed E-state index contributed by atoms with van der Waals surface area (Å²) < 4.78 is 11.1. The minimum atomic E-state index is 0.176. The van der Waals surface area contributed by atoms with Gasteiger partial charge in [0.25, 0.3) is 0 Å². The van der Waals surface area contributed by atoms with Gasteiger partial charge in [-0.05, 0) is 92.2 Å². The Hall–Kier alpha value is -2.50. The van der Waals surface area contributed by atoms with Gasteiger partial charge in [-0.3, -0.25) is 0 Å². The number of aromatic amines is 1. The summed E-state index contributed by atoms with van der Waals surface area (Å²) in [6.07, 6.45) is 3.47. The van der Waals surface area contributed by atoms with Crippen LogP contribution in [0.25, 0.3) is 22.2 Å². The van der Waals surface area contributed by atoms with Crippen molar-refractivity contribution in [1.29, 1.82) is 0 Å². The molecule has 1 aliphatic rings. The monoisotopic (exact) mass is 463 g/mol. The first-order chi connectivity index (χ1) is 16.3.